The Kier molecular flexibility index (Phi) is 3.94. The maximum absolute atomic E-state index is 14.0. The van der Waals surface area contributed by atoms with Gasteiger partial charge in [-0.2, -0.15) is 0 Å². The maximum atomic E-state index is 14.0. The molecule has 6 heteroatoms. The van der Waals surface area contributed by atoms with Crippen molar-refractivity contribution in [1.29, 1.82) is 0 Å². The van der Waals surface area contributed by atoms with Crippen molar-refractivity contribution in [2.45, 2.75) is 13.0 Å². The molecule has 1 aromatic heterocycles. The molecule has 2 rings (SSSR count). The normalized spacial score (nSPS) is 12.5. The molecule has 0 spiro atoms. The van der Waals surface area contributed by atoms with Gasteiger partial charge in [0.25, 0.3) is 0 Å². The third kappa shape index (κ3) is 2.53. The summed E-state index contributed by atoms with van der Waals surface area (Å²) in [5, 5.41) is 0.0220. The fraction of sp³-hybridized carbons (Fsp3) is 0.167. The van der Waals surface area contributed by atoms with Gasteiger partial charge in [-0.1, -0.05) is 17.7 Å². The number of halogens is 3. The molecule has 0 radical (unpaired) electrons. The summed E-state index contributed by atoms with van der Waals surface area (Å²) in [5.41, 5.74) is 6.86. The lowest BCUT2D eigenvalue weighted by atomic mass is 10.0. The van der Waals surface area contributed by atoms with E-state index in [0.29, 0.717) is 21.6 Å². The third-order valence-corrected chi connectivity index (χ3v) is 3.77. The van der Waals surface area contributed by atoms with Crippen molar-refractivity contribution >= 4 is 27.5 Å². The van der Waals surface area contributed by atoms with Gasteiger partial charge in [-0.15, -0.1) is 0 Å². The van der Waals surface area contributed by atoms with Gasteiger partial charge in [-0.3, -0.25) is 0 Å². The fourth-order valence-corrected chi connectivity index (χ4v) is 2.07. The van der Waals surface area contributed by atoms with Crippen LogP contribution in [0, 0.1) is 12.7 Å². The molecule has 0 amide bonds. The topological polar surface area (TPSA) is 51.8 Å². The molecule has 0 aliphatic rings. The van der Waals surface area contributed by atoms with Crippen LogP contribution in [0.2, 0.25) is 5.02 Å². The summed E-state index contributed by atoms with van der Waals surface area (Å²) in [6.07, 6.45) is 1.59. The van der Waals surface area contributed by atoms with Crippen molar-refractivity contribution in [2.75, 3.05) is 0 Å². The first-order valence-corrected chi connectivity index (χ1v) is 6.36. The van der Waals surface area contributed by atoms with Gasteiger partial charge in [0.15, 0.2) is 0 Å². The van der Waals surface area contributed by atoms with Crippen LogP contribution >= 0.6 is 27.5 Å². The molecule has 94 valence electrons. The predicted molar refractivity (Wildman–Crippen MR) is 71.9 cm³/mol. The second-order valence-electron chi connectivity index (χ2n) is 3.77. The lowest BCUT2D eigenvalue weighted by Crippen LogP contribution is -2.16. The van der Waals surface area contributed by atoms with Crippen molar-refractivity contribution in [2.24, 2.45) is 5.73 Å². The molecule has 1 aromatic carbocycles. The first-order valence-electron chi connectivity index (χ1n) is 5.19. The maximum Gasteiger partial charge on any atom is 0.148 e. The van der Waals surface area contributed by atoms with Gasteiger partial charge in [0.1, 0.15) is 11.6 Å². The van der Waals surface area contributed by atoms with Crippen LogP contribution in [0.15, 0.2) is 28.9 Å². The van der Waals surface area contributed by atoms with E-state index in [2.05, 4.69) is 25.9 Å². The standard InChI is InChI=1S/C12H10BrClFN3/c1-6-17-5-4-9(18-6)12(16)7-2-3-8(13)10(14)11(7)15/h2-5,12H,16H2,1H3. The summed E-state index contributed by atoms with van der Waals surface area (Å²) >= 11 is 8.99. The van der Waals surface area contributed by atoms with E-state index in [-0.39, 0.29) is 5.02 Å². The number of aryl methyl sites for hydroxylation is 1. The number of hydrogen-bond acceptors (Lipinski definition) is 3. The molecular formula is C12H10BrClFN3. The van der Waals surface area contributed by atoms with E-state index in [1.165, 1.54) is 0 Å². The van der Waals surface area contributed by atoms with Gasteiger partial charge in [-0.25, -0.2) is 14.4 Å². The zero-order valence-electron chi connectivity index (χ0n) is 9.49. The van der Waals surface area contributed by atoms with Crippen LogP contribution in [0.25, 0.3) is 0 Å². The number of nitrogens with zero attached hydrogens (tertiary/aromatic N) is 2. The predicted octanol–water partition coefficient (Wildman–Crippen LogP) is 3.39. The van der Waals surface area contributed by atoms with Gasteiger partial charge < -0.3 is 5.73 Å². The zero-order chi connectivity index (χ0) is 13.3. The van der Waals surface area contributed by atoms with E-state index in [0.717, 1.165) is 0 Å². The van der Waals surface area contributed by atoms with E-state index in [1.807, 2.05) is 0 Å². The number of rotatable bonds is 2. The lowest BCUT2D eigenvalue weighted by molar-refractivity contribution is 0.596. The van der Waals surface area contributed by atoms with Crippen LogP contribution in [0.4, 0.5) is 4.39 Å². The molecule has 1 atom stereocenters. The molecule has 18 heavy (non-hydrogen) atoms. The molecule has 0 bridgehead atoms. The SMILES string of the molecule is Cc1nccc(C(N)c2ccc(Br)c(Cl)c2F)n1. The van der Waals surface area contributed by atoms with Crippen LogP contribution in [0.1, 0.15) is 23.1 Å². The summed E-state index contributed by atoms with van der Waals surface area (Å²) in [5.74, 6) is 0.0568. The molecule has 0 saturated heterocycles. The summed E-state index contributed by atoms with van der Waals surface area (Å²) in [4.78, 5) is 8.16. The van der Waals surface area contributed by atoms with Crippen LogP contribution in [0.5, 0.6) is 0 Å². The zero-order valence-corrected chi connectivity index (χ0v) is 11.8. The Morgan fingerprint density at radius 3 is 2.78 bits per heavy atom. The monoisotopic (exact) mass is 329 g/mol. The Labute approximate surface area is 117 Å². The molecule has 1 unspecified atom stereocenters. The second-order valence-corrected chi connectivity index (χ2v) is 5.00. The van der Waals surface area contributed by atoms with E-state index in [4.69, 9.17) is 17.3 Å². The largest absolute Gasteiger partial charge is 0.319 e. The quantitative estimate of drug-likeness (QED) is 0.859. The van der Waals surface area contributed by atoms with E-state index < -0.39 is 11.9 Å². The minimum atomic E-state index is -0.669. The molecule has 2 N–H and O–H groups in total. The Morgan fingerprint density at radius 1 is 1.39 bits per heavy atom. The molecule has 2 aromatic rings. The van der Waals surface area contributed by atoms with Crippen molar-refractivity contribution in [3.63, 3.8) is 0 Å². The molecule has 3 nitrogen and oxygen atoms in total. The lowest BCUT2D eigenvalue weighted by Gasteiger charge is -2.14. The van der Waals surface area contributed by atoms with Gasteiger partial charge >= 0.3 is 0 Å². The number of aromatic nitrogens is 2. The Balaban J connectivity index is 2.46. The summed E-state index contributed by atoms with van der Waals surface area (Å²) in [7, 11) is 0. The highest BCUT2D eigenvalue weighted by Gasteiger charge is 2.18. The van der Waals surface area contributed by atoms with Gasteiger partial charge in [0.2, 0.25) is 0 Å². The minimum Gasteiger partial charge on any atom is -0.319 e. The van der Waals surface area contributed by atoms with Gasteiger partial charge in [-0.05, 0) is 35.0 Å². The van der Waals surface area contributed by atoms with Crippen LogP contribution in [-0.2, 0) is 0 Å². The molecule has 1 heterocycles. The number of benzene rings is 1. The Bertz CT molecular complexity index is 592. The van der Waals surface area contributed by atoms with Crippen molar-refractivity contribution in [3.05, 3.63) is 56.8 Å². The van der Waals surface area contributed by atoms with E-state index in [1.54, 1.807) is 31.3 Å². The number of hydrogen-bond donors (Lipinski definition) is 1. The smallest absolute Gasteiger partial charge is 0.148 e. The van der Waals surface area contributed by atoms with Crippen molar-refractivity contribution < 1.29 is 4.39 Å². The van der Waals surface area contributed by atoms with Crippen LogP contribution < -0.4 is 5.73 Å². The molecule has 0 aliphatic heterocycles. The molecular weight excluding hydrogens is 321 g/mol. The first kappa shape index (κ1) is 13.4. The molecule has 0 aliphatic carbocycles. The minimum absolute atomic E-state index is 0.0220. The first-order chi connectivity index (χ1) is 8.50. The number of nitrogens with two attached hydrogens (primary N) is 1. The fourth-order valence-electron chi connectivity index (χ4n) is 1.59. The second kappa shape index (κ2) is 5.30. The molecule has 0 fully saturated rings. The van der Waals surface area contributed by atoms with Crippen molar-refractivity contribution in [3.8, 4) is 0 Å². The van der Waals surface area contributed by atoms with Gasteiger partial charge in [0, 0.05) is 16.2 Å². The van der Waals surface area contributed by atoms with E-state index in [9.17, 15) is 4.39 Å². The highest BCUT2D eigenvalue weighted by atomic mass is 79.9. The van der Waals surface area contributed by atoms with Gasteiger partial charge in [0.05, 0.1) is 16.8 Å². The Hall–Kier alpha value is -1.04. The molecule has 0 saturated carbocycles. The highest BCUT2D eigenvalue weighted by molar-refractivity contribution is 9.10. The summed E-state index contributed by atoms with van der Waals surface area (Å²) in [6, 6.07) is 4.24. The third-order valence-electron chi connectivity index (χ3n) is 2.52. The highest BCUT2D eigenvalue weighted by Crippen LogP contribution is 2.31. The van der Waals surface area contributed by atoms with Crippen LogP contribution in [0.3, 0.4) is 0 Å². The van der Waals surface area contributed by atoms with Crippen LogP contribution in [-0.4, -0.2) is 9.97 Å². The Morgan fingerprint density at radius 2 is 2.11 bits per heavy atom. The average Bonchev–Trinajstić information content (AvgIpc) is 2.35. The summed E-state index contributed by atoms with van der Waals surface area (Å²) < 4.78 is 14.5. The average molecular weight is 331 g/mol. The summed E-state index contributed by atoms with van der Waals surface area (Å²) in [6.45, 7) is 1.75. The van der Waals surface area contributed by atoms with Crippen molar-refractivity contribution in [1.82, 2.24) is 9.97 Å². The van der Waals surface area contributed by atoms with E-state index >= 15 is 0 Å².